The van der Waals surface area contributed by atoms with Gasteiger partial charge in [-0.05, 0) is 30.5 Å². The van der Waals surface area contributed by atoms with Crippen LogP contribution in [0.2, 0.25) is 5.02 Å². The van der Waals surface area contributed by atoms with Gasteiger partial charge in [-0.1, -0.05) is 11.6 Å². The topological polar surface area (TPSA) is 51.0 Å². The minimum absolute atomic E-state index is 0.271. The van der Waals surface area contributed by atoms with E-state index in [4.69, 9.17) is 22.1 Å². The largest absolute Gasteiger partial charge is 0.495 e. The molecular formula is C13H15ClN2O. The monoisotopic (exact) mass is 250 g/mol. The first kappa shape index (κ1) is 10.9. The maximum atomic E-state index is 6.13. The van der Waals surface area contributed by atoms with Crippen molar-refractivity contribution in [3.63, 3.8) is 0 Å². The van der Waals surface area contributed by atoms with Crippen molar-refractivity contribution in [1.82, 2.24) is 4.98 Å². The molecule has 1 aliphatic carbocycles. The first-order valence-corrected chi connectivity index (χ1v) is 6.19. The van der Waals surface area contributed by atoms with Crippen LogP contribution in [0.5, 0.6) is 5.75 Å². The molecule has 2 aromatic rings. The number of aromatic amines is 1. The summed E-state index contributed by atoms with van der Waals surface area (Å²) in [5, 5.41) is 1.86. The summed E-state index contributed by atoms with van der Waals surface area (Å²) < 4.78 is 5.26. The summed E-state index contributed by atoms with van der Waals surface area (Å²) in [5.74, 6) is 0.732. The Balaban J connectivity index is 2.22. The normalized spacial score (nSPS) is 19.4. The lowest BCUT2D eigenvalue weighted by molar-refractivity contribution is 0.415. The Hall–Kier alpha value is -1.19. The SMILES string of the molecule is COc1cc2c3c([nH]c2cc1Cl)CC(N)CC3. The Morgan fingerprint density at radius 3 is 3.06 bits per heavy atom. The molecule has 0 saturated carbocycles. The van der Waals surface area contributed by atoms with Crippen LogP contribution in [0, 0.1) is 0 Å². The number of ether oxygens (including phenoxy) is 1. The maximum Gasteiger partial charge on any atom is 0.138 e. The van der Waals surface area contributed by atoms with E-state index in [-0.39, 0.29) is 6.04 Å². The molecule has 4 heteroatoms. The van der Waals surface area contributed by atoms with Crippen molar-refractivity contribution in [3.05, 3.63) is 28.4 Å². The number of hydrogen-bond acceptors (Lipinski definition) is 2. The molecule has 3 nitrogen and oxygen atoms in total. The molecule has 1 aromatic heterocycles. The molecule has 17 heavy (non-hydrogen) atoms. The van der Waals surface area contributed by atoms with Gasteiger partial charge in [-0.2, -0.15) is 0 Å². The molecule has 0 fully saturated rings. The Kier molecular flexibility index (Phi) is 2.53. The molecule has 3 N–H and O–H groups in total. The highest BCUT2D eigenvalue weighted by Crippen LogP contribution is 2.35. The Morgan fingerprint density at radius 1 is 1.47 bits per heavy atom. The van der Waals surface area contributed by atoms with Crippen LogP contribution < -0.4 is 10.5 Å². The summed E-state index contributed by atoms with van der Waals surface area (Å²) in [7, 11) is 1.64. The molecule has 1 aromatic carbocycles. The number of aryl methyl sites for hydroxylation is 1. The number of hydrogen-bond donors (Lipinski definition) is 2. The lowest BCUT2D eigenvalue weighted by atomic mass is 9.92. The molecule has 1 atom stereocenters. The molecule has 0 saturated heterocycles. The molecule has 0 aliphatic heterocycles. The Morgan fingerprint density at radius 2 is 2.29 bits per heavy atom. The van der Waals surface area contributed by atoms with Gasteiger partial charge in [0.05, 0.1) is 12.1 Å². The second kappa shape index (κ2) is 3.93. The van der Waals surface area contributed by atoms with Gasteiger partial charge in [0.25, 0.3) is 0 Å². The van der Waals surface area contributed by atoms with E-state index in [1.54, 1.807) is 7.11 Å². The van der Waals surface area contributed by atoms with Crippen molar-refractivity contribution in [2.75, 3.05) is 7.11 Å². The standard InChI is InChI=1S/C13H15ClN2O/c1-17-13-5-9-8-3-2-7(15)4-11(8)16-12(9)6-10(13)14/h5-7,16H,2-4,15H2,1H3. The third-order valence-electron chi connectivity index (χ3n) is 3.50. The molecule has 0 radical (unpaired) electrons. The first-order valence-electron chi connectivity index (χ1n) is 5.81. The van der Waals surface area contributed by atoms with E-state index in [2.05, 4.69) is 4.98 Å². The zero-order valence-electron chi connectivity index (χ0n) is 9.72. The molecule has 1 unspecified atom stereocenters. The molecule has 1 aliphatic rings. The Labute approximate surface area is 105 Å². The maximum absolute atomic E-state index is 6.13. The van der Waals surface area contributed by atoms with Crippen LogP contribution >= 0.6 is 11.6 Å². The second-order valence-corrected chi connectivity index (χ2v) is 5.02. The van der Waals surface area contributed by atoms with Crippen LogP contribution in [-0.4, -0.2) is 18.1 Å². The van der Waals surface area contributed by atoms with Crippen molar-refractivity contribution in [2.45, 2.75) is 25.3 Å². The van der Waals surface area contributed by atoms with E-state index in [0.29, 0.717) is 5.02 Å². The summed E-state index contributed by atoms with van der Waals surface area (Å²) in [6.45, 7) is 0. The minimum atomic E-state index is 0.271. The summed E-state index contributed by atoms with van der Waals surface area (Å²) in [4.78, 5) is 3.42. The highest BCUT2D eigenvalue weighted by molar-refractivity contribution is 6.32. The van der Waals surface area contributed by atoms with E-state index in [0.717, 1.165) is 30.5 Å². The molecular weight excluding hydrogens is 236 g/mol. The number of benzene rings is 1. The van der Waals surface area contributed by atoms with Crippen LogP contribution in [0.3, 0.4) is 0 Å². The van der Waals surface area contributed by atoms with Gasteiger partial charge in [0.1, 0.15) is 5.75 Å². The van der Waals surface area contributed by atoms with Gasteiger partial charge in [0, 0.05) is 29.1 Å². The fourth-order valence-electron chi connectivity index (χ4n) is 2.62. The summed E-state index contributed by atoms with van der Waals surface area (Å²) in [6.07, 6.45) is 3.00. The smallest absolute Gasteiger partial charge is 0.138 e. The van der Waals surface area contributed by atoms with Gasteiger partial charge in [-0.15, -0.1) is 0 Å². The molecule has 0 amide bonds. The predicted molar refractivity (Wildman–Crippen MR) is 69.9 cm³/mol. The summed E-state index contributed by atoms with van der Waals surface area (Å²) in [6, 6.07) is 4.22. The highest BCUT2D eigenvalue weighted by atomic mass is 35.5. The van der Waals surface area contributed by atoms with Crippen molar-refractivity contribution < 1.29 is 4.74 Å². The van der Waals surface area contributed by atoms with Gasteiger partial charge in [-0.25, -0.2) is 0 Å². The van der Waals surface area contributed by atoms with Crippen molar-refractivity contribution >= 4 is 22.5 Å². The fraction of sp³-hybridized carbons (Fsp3) is 0.385. The second-order valence-electron chi connectivity index (χ2n) is 4.62. The van der Waals surface area contributed by atoms with Gasteiger partial charge < -0.3 is 15.5 Å². The average molecular weight is 251 g/mol. The molecule has 0 spiro atoms. The van der Waals surface area contributed by atoms with E-state index < -0.39 is 0 Å². The number of fused-ring (bicyclic) bond motifs is 3. The van der Waals surface area contributed by atoms with Crippen LogP contribution in [0.1, 0.15) is 17.7 Å². The molecule has 3 rings (SSSR count). The van der Waals surface area contributed by atoms with E-state index in [1.165, 1.54) is 16.6 Å². The third kappa shape index (κ3) is 1.70. The van der Waals surface area contributed by atoms with Crippen molar-refractivity contribution in [2.24, 2.45) is 5.73 Å². The summed E-state index contributed by atoms with van der Waals surface area (Å²) in [5.41, 5.74) is 9.69. The van der Waals surface area contributed by atoms with Crippen LogP contribution in [0.4, 0.5) is 0 Å². The van der Waals surface area contributed by atoms with Crippen LogP contribution in [0.25, 0.3) is 10.9 Å². The molecule has 0 bridgehead atoms. The predicted octanol–water partition coefficient (Wildman–Crippen LogP) is 2.65. The van der Waals surface area contributed by atoms with Crippen LogP contribution in [-0.2, 0) is 12.8 Å². The van der Waals surface area contributed by atoms with E-state index in [9.17, 15) is 0 Å². The lowest BCUT2D eigenvalue weighted by Gasteiger charge is -2.17. The van der Waals surface area contributed by atoms with E-state index >= 15 is 0 Å². The number of methoxy groups -OCH3 is 1. The summed E-state index contributed by atoms with van der Waals surface area (Å²) >= 11 is 6.13. The van der Waals surface area contributed by atoms with Crippen LogP contribution in [0.15, 0.2) is 12.1 Å². The van der Waals surface area contributed by atoms with Gasteiger partial charge in [-0.3, -0.25) is 0 Å². The van der Waals surface area contributed by atoms with E-state index in [1.807, 2.05) is 12.1 Å². The van der Waals surface area contributed by atoms with Gasteiger partial charge in [0.2, 0.25) is 0 Å². The number of nitrogens with two attached hydrogens (primary N) is 1. The zero-order chi connectivity index (χ0) is 12.0. The minimum Gasteiger partial charge on any atom is -0.495 e. The van der Waals surface area contributed by atoms with Crippen molar-refractivity contribution in [1.29, 1.82) is 0 Å². The number of rotatable bonds is 1. The molecule has 90 valence electrons. The first-order chi connectivity index (χ1) is 8.19. The fourth-order valence-corrected chi connectivity index (χ4v) is 2.86. The Bertz CT molecular complexity index is 576. The average Bonchev–Trinajstić information content (AvgIpc) is 2.63. The number of nitrogens with one attached hydrogen (secondary N) is 1. The number of H-pyrrole nitrogens is 1. The van der Waals surface area contributed by atoms with Crippen molar-refractivity contribution in [3.8, 4) is 5.75 Å². The third-order valence-corrected chi connectivity index (χ3v) is 3.79. The number of halogens is 1. The quantitative estimate of drug-likeness (QED) is 0.818. The number of aromatic nitrogens is 1. The zero-order valence-corrected chi connectivity index (χ0v) is 10.5. The molecule has 1 heterocycles. The lowest BCUT2D eigenvalue weighted by Crippen LogP contribution is -2.27. The van der Waals surface area contributed by atoms with Gasteiger partial charge >= 0.3 is 0 Å². The van der Waals surface area contributed by atoms with Gasteiger partial charge in [0.15, 0.2) is 0 Å². The highest BCUT2D eigenvalue weighted by Gasteiger charge is 2.20.